The van der Waals surface area contributed by atoms with Gasteiger partial charge in [0.25, 0.3) is 20.2 Å². The second-order valence-corrected chi connectivity index (χ2v) is 11.6. The maximum absolute atomic E-state index is 12.1. The molecule has 12 nitrogen and oxygen atoms in total. The number of urea groups is 1. The van der Waals surface area contributed by atoms with Crippen LogP contribution in [0.4, 0.5) is 10.5 Å². The topological polar surface area (TPSA) is 204 Å². The molecule has 0 saturated heterocycles. The fourth-order valence-corrected chi connectivity index (χ4v) is 5.36. The summed E-state index contributed by atoms with van der Waals surface area (Å²) >= 11 is 5.37. The van der Waals surface area contributed by atoms with E-state index >= 15 is 0 Å². The third-order valence-electron chi connectivity index (χ3n) is 3.94. The fourth-order valence-electron chi connectivity index (χ4n) is 2.59. The van der Waals surface area contributed by atoms with Crippen LogP contribution in [0.25, 0.3) is 10.8 Å². The second kappa shape index (κ2) is 9.13. The van der Waals surface area contributed by atoms with Crippen molar-refractivity contribution in [1.82, 2.24) is 5.32 Å². The average Bonchev–Trinajstić information content (AvgIpc) is 2.59. The van der Waals surface area contributed by atoms with Crippen molar-refractivity contribution in [2.75, 3.05) is 29.2 Å². The Hall–Kier alpha value is -2.17. The third kappa shape index (κ3) is 6.41. The van der Waals surface area contributed by atoms with E-state index in [1.165, 1.54) is 0 Å². The molecule has 5 N–H and O–H groups in total. The Bertz CT molecular complexity index is 1340. The molecule has 0 atom stereocenters. The molecule has 0 aliphatic rings. The van der Waals surface area contributed by atoms with Gasteiger partial charge in [0.15, 0.2) is 9.84 Å². The number of carbonyl (C=O) groups is 1. The number of rotatable bonds is 8. The molecule has 0 saturated carbocycles. The Balaban J connectivity index is 2.45. The lowest BCUT2D eigenvalue weighted by Crippen LogP contribution is -2.33. The number of halogens is 1. The summed E-state index contributed by atoms with van der Waals surface area (Å²) in [6.07, 6.45) is 0. The number of hydrogen-bond acceptors (Lipinski definition) is 8. The van der Waals surface area contributed by atoms with Gasteiger partial charge in [-0.15, -0.1) is 11.6 Å². The van der Waals surface area contributed by atoms with Crippen LogP contribution in [-0.2, 0) is 30.1 Å². The highest BCUT2D eigenvalue weighted by Crippen LogP contribution is 2.38. The van der Waals surface area contributed by atoms with Gasteiger partial charge in [-0.2, -0.15) is 16.8 Å². The molecule has 0 aliphatic carbocycles. The lowest BCUT2D eigenvalue weighted by molar-refractivity contribution is 0.252. The van der Waals surface area contributed by atoms with E-state index in [2.05, 4.69) is 10.6 Å². The summed E-state index contributed by atoms with van der Waals surface area (Å²) < 4.78 is 87.8. The highest BCUT2D eigenvalue weighted by atomic mass is 35.5. The van der Waals surface area contributed by atoms with E-state index in [4.69, 9.17) is 11.6 Å². The quantitative estimate of drug-likeness (QED) is 0.246. The van der Waals surface area contributed by atoms with E-state index in [0.29, 0.717) is 12.1 Å². The van der Waals surface area contributed by atoms with Gasteiger partial charge in [0.1, 0.15) is 10.6 Å². The Kier molecular flexibility index (Phi) is 7.39. The van der Waals surface area contributed by atoms with Crippen LogP contribution in [-0.4, -0.2) is 69.4 Å². The lowest BCUT2D eigenvalue weighted by atomic mass is 10.1. The van der Waals surface area contributed by atoms with Crippen molar-refractivity contribution >= 4 is 64.2 Å². The number of fused-ring (bicyclic) bond motifs is 1. The first kappa shape index (κ1) is 25.1. The summed E-state index contributed by atoms with van der Waals surface area (Å²) in [6, 6.07) is 2.25. The van der Waals surface area contributed by atoms with Crippen molar-refractivity contribution in [2.24, 2.45) is 0 Å². The number of sulfone groups is 1. The Morgan fingerprint density at radius 2 is 1.61 bits per heavy atom. The molecule has 2 aromatic carbocycles. The van der Waals surface area contributed by atoms with Gasteiger partial charge in [-0.1, -0.05) is 0 Å². The van der Waals surface area contributed by atoms with Crippen molar-refractivity contribution in [1.29, 1.82) is 0 Å². The Morgan fingerprint density at radius 3 is 2.16 bits per heavy atom. The van der Waals surface area contributed by atoms with Crippen LogP contribution in [0, 0.1) is 0 Å². The van der Waals surface area contributed by atoms with E-state index < -0.39 is 62.8 Å². The van der Waals surface area contributed by atoms with Crippen LogP contribution in [0.5, 0.6) is 5.75 Å². The summed E-state index contributed by atoms with van der Waals surface area (Å²) in [5.74, 6) is -1.59. The highest BCUT2D eigenvalue weighted by molar-refractivity contribution is 7.91. The van der Waals surface area contributed by atoms with Gasteiger partial charge in [-0.3, -0.25) is 9.11 Å². The van der Waals surface area contributed by atoms with Crippen LogP contribution in [0.2, 0.25) is 0 Å². The minimum atomic E-state index is -4.88. The largest absolute Gasteiger partial charge is 0.507 e. The van der Waals surface area contributed by atoms with Gasteiger partial charge in [-0.05, 0) is 18.2 Å². The van der Waals surface area contributed by atoms with Crippen LogP contribution >= 0.6 is 11.6 Å². The molecule has 172 valence electrons. The predicted molar refractivity (Wildman–Crippen MR) is 112 cm³/mol. The maximum atomic E-state index is 12.1. The molecule has 0 aromatic heterocycles. The van der Waals surface area contributed by atoms with E-state index in [1.807, 2.05) is 0 Å². The van der Waals surface area contributed by atoms with Crippen LogP contribution in [0.3, 0.4) is 0 Å². The summed E-state index contributed by atoms with van der Waals surface area (Å²) in [4.78, 5) is 10.4. The smallest absolute Gasteiger partial charge is 0.319 e. The summed E-state index contributed by atoms with van der Waals surface area (Å²) in [6.45, 7) is -0.273. The summed E-state index contributed by atoms with van der Waals surface area (Å²) in [5, 5.41) is 13.9. The Labute approximate surface area is 182 Å². The van der Waals surface area contributed by atoms with Gasteiger partial charge in [0.2, 0.25) is 0 Å². The van der Waals surface area contributed by atoms with Gasteiger partial charge < -0.3 is 15.7 Å². The zero-order valence-corrected chi connectivity index (χ0v) is 18.6. The molecule has 0 fully saturated rings. The zero-order chi connectivity index (χ0) is 23.6. The monoisotopic (exact) mass is 516 g/mol. The maximum Gasteiger partial charge on any atom is 0.319 e. The number of anilines is 1. The number of benzene rings is 2. The lowest BCUT2D eigenvalue weighted by Gasteiger charge is -2.14. The first-order chi connectivity index (χ1) is 14.2. The molecule has 2 rings (SSSR count). The fraction of sp³-hybridized carbons (Fsp3) is 0.267. The number of phenolic OH excluding ortho intramolecular Hbond substituents is 1. The van der Waals surface area contributed by atoms with Gasteiger partial charge in [0.05, 0.1) is 22.1 Å². The molecule has 2 amide bonds. The molecule has 2 aromatic rings. The van der Waals surface area contributed by atoms with Gasteiger partial charge in [0, 0.05) is 29.3 Å². The predicted octanol–water partition coefficient (Wildman–Crippen LogP) is 0.814. The highest BCUT2D eigenvalue weighted by Gasteiger charge is 2.23. The van der Waals surface area contributed by atoms with Crippen molar-refractivity contribution in [3.63, 3.8) is 0 Å². The van der Waals surface area contributed by atoms with Crippen LogP contribution < -0.4 is 10.6 Å². The van der Waals surface area contributed by atoms with Gasteiger partial charge in [-0.25, -0.2) is 13.2 Å². The molecule has 31 heavy (non-hydrogen) atoms. The van der Waals surface area contributed by atoms with E-state index in [-0.39, 0.29) is 29.3 Å². The first-order valence-electron chi connectivity index (χ1n) is 8.21. The van der Waals surface area contributed by atoms with Crippen LogP contribution in [0.1, 0.15) is 0 Å². The normalized spacial score (nSPS) is 12.6. The molecular formula is C15H17ClN2O10S3. The Morgan fingerprint density at radius 1 is 0.968 bits per heavy atom. The average molecular weight is 517 g/mol. The molecule has 0 unspecified atom stereocenters. The van der Waals surface area contributed by atoms with Crippen molar-refractivity contribution in [3.8, 4) is 5.75 Å². The number of alkyl halides is 1. The minimum absolute atomic E-state index is 0.106. The van der Waals surface area contributed by atoms with E-state index in [1.54, 1.807) is 0 Å². The SMILES string of the molecule is O=C(NCCS(=O)(=O)CCCl)Nc1ccc(S(=O)(=O)O)c2cc(S(=O)(=O)O)cc(O)c12. The first-order valence-corrected chi connectivity index (χ1v) is 13.5. The number of carbonyl (C=O) groups excluding carboxylic acids is 1. The van der Waals surface area contributed by atoms with Crippen molar-refractivity contribution in [2.45, 2.75) is 9.79 Å². The second-order valence-electron chi connectivity index (χ2n) is 6.15. The molecule has 0 spiro atoms. The molecular weight excluding hydrogens is 500 g/mol. The van der Waals surface area contributed by atoms with E-state index in [0.717, 1.165) is 12.1 Å². The molecule has 16 heteroatoms. The molecule has 0 heterocycles. The number of amides is 2. The molecule has 0 radical (unpaired) electrons. The molecule has 0 aliphatic heterocycles. The molecule has 0 bridgehead atoms. The summed E-state index contributed by atoms with van der Waals surface area (Å²) in [5.41, 5.74) is -0.192. The number of aromatic hydroxyl groups is 1. The van der Waals surface area contributed by atoms with Crippen molar-refractivity contribution in [3.05, 3.63) is 24.3 Å². The number of phenols is 1. The standard InChI is InChI=1S/C15H17ClN2O10S3/c16-3-5-29(21,22)6-4-17-15(20)18-11-1-2-13(31(26,27)28)10-7-9(30(23,24)25)8-12(19)14(10)11/h1-2,7-8,19H,3-6H2,(H2,17,18,20)(H,23,24,25)(H,26,27,28). The number of hydrogen-bond donors (Lipinski definition) is 5. The van der Waals surface area contributed by atoms with Gasteiger partial charge >= 0.3 is 6.03 Å². The van der Waals surface area contributed by atoms with Crippen molar-refractivity contribution < 1.29 is 44.3 Å². The third-order valence-corrected chi connectivity index (χ3v) is 7.75. The zero-order valence-electron chi connectivity index (χ0n) is 15.4. The number of nitrogens with one attached hydrogen (secondary N) is 2. The summed E-state index contributed by atoms with van der Waals surface area (Å²) in [7, 11) is -13.2. The minimum Gasteiger partial charge on any atom is -0.507 e. The van der Waals surface area contributed by atoms with Crippen LogP contribution in [0.15, 0.2) is 34.1 Å². The van der Waals surface area contributed by atoms with E-state index in [9.17, 15) is 44.3 Å².